The van der Waals surface area contributed by atoms with E-state index >= 15 is 0 Å². The molecule has 0 aromatic carbocycles. The van der Waals surface area contributed by atoms with Gasteiger partial charge in [-0.25, -0.2) is 0 Å². The topological polar surface area (TPSA) is 3.24 Å². The van der Waals surface area contributed by atoms with Crippen molar-refractivity contribution in [2.45, 2.75) is 6.18 Å². The van der Waals surface area contributed by atoms with Gasteiger partial charge in [0.25, 0.3) is 0 Å². The Kier molecular flexibility index (Phi) is 2.14. The van der Waals surface area contributed by atoms with Crippen LogP contribution in [0.5, 0.6) is 0 Å². The van der Waals surface area contributed by atoms with Crippen LogP contribution in [0.3, 0.4) is 0 Å². The molecule has 0 atom stereocenters. The van der Waals surface area contributed by atoms with Crippen molar-refractivity contribution in [2.24, 2.45) is 0 Å². The predicted molar refractivity (Wildman–Crippen MR) is 15.0 cm³/mol. The lowest BCUT2D eigenvalue weighted by atomic mass is 10.7. The summed E-state index contributed by atoms with van der Waals surface area (Å²) in [6.45, 7) is -2.17. The Labute approximate surface area is 41.6 Å². The SMILES string of the molecule is FN(F)CC(F)(F)F. The predicted octanol–water partition coefficient (Wildman–Crippen LogP) is 1.62. The summed E-state index contributed by atoms with van der Waals surface area (Å²) in [6, 6.07) is 0. The van der Waals surface area contributed by atoms with Crippen LogP contribution in [0.1, 0.15) is 0 Å². The zero-order chi connectivity index (χ0) is 6.78. The lowest BCUT2D eigenvalue weighted by molar-refractivity contribution is -0.240. The Morgan fingerprint density at radius 1 is 1.12 bits per heavy atom. The van der Waals surface area contributed by atoms with Crippen molar-refractivity contribution in [1.82, 2.24) is 5.34 Å². The smallest absolute Gasteiger partial charge is 0.169 e. The molecule has 0 radical (unpaired) electrons. The van der Waals surface area contributed by atoms with E-state index in [0.29, 0.717) is 0 Å². The monoisotopic (exact) mass is 135 g/mol. The molecule has 0 amide bonds. The molecule has 0 saturated heterocycles. The largest absolute Gasteiger partial charge is 0.406 e. The van der Waals surface area contributed by atoms with E-state index in [1.54, 1.807) is 0 Å². The highest BCUT2D eigenvalue weighted by Crippen LogP contribution is 2.16. The van der Waals surface area contributed by atoms with Crippen LogP contribution >= 0.6 is 0 Å². The second-order valence-corrected chi connectivity index (χ2v) is 1.08. The fraction of sp³-hybridized carbons (Fsp3) is 1.00. The van der Waals surface area contributed by atoms with Gasteiger partial charge in [0.2, 0.25) is 0 Å². The Bertz CT molecular complexity index is 65.3. The minimum atomic E-state index is -4.80. The van der Waals surface area contributed by atoms with Crippen LogP contribution in [0.25, 0.3) is 0 Å². The molecule has 50 valence electrons. The van der Waals surface area contributed by atoms with E-state index in [0.717, 1.165) is 0 Å². The van der Waals surface area contributed by atoms with Gasteiger partial charge in [-0.15, -0.1) is 8.96 Å². The van der Waals surface area contributed by atoms with Crippen LogP contribution in [0.2, 0.25) is 0 Å². The number of halogens is 5. The molecule has 6 heteroatoms. The Morgan fingerprint density at radius 2 is 1.50 bits per heavy atom. The van der Waals surface area contributed by atoms with Crippen molar-refractivity contribution >= 4 is 0 Å². The molecular weight excluding hydrogens is 133 g/mol. The van der Waals surface area contributed by atoms with Crippen molar-refractivity contribution in [2.75, 3.05) is 6.54 Å². The van der Waals surface area contributed by atoms with Gasteiger partial charge in [-0.2, -0.15) is 13.2 Å². The van der Waals surface area contributed by atoms with Crippen molar-refractivity contribution in [3.63, 3.8) is 0 Å². The number of alkyl halides is 3. The van der Waals surface area contributed by atoms with E-state index in [9.17, 15) is 22.1 Å². The second-order valence-electron chi connectivity index (χ2n) is 1.08. The fourth-order valence-corrected chi connectivity index (χ4v) is 0.136. The standard InChI is InChI=1S/C2H2F5N/c3-2(4,5)1-8(6)7/h1H2. The second kappa shape index (κ2) is 2.25. The van der Waals surface area contributed by atoms with Crippen LogP contribution < -0.4 is 0 Å². The van der Waals surface area contributed by atoms with Crippen LogP contribution in [-0.2, 0) is 0 Å². The highest BCUT2D eigenvalue weighted by molar-refractivity contribution is 4.46. The van der Waals surface area contributed by atoms with E-state index in [2.05, 4.69) is 0 Å². The Morgan fingerprint density at radius 3 is 1.50 bits per heavy atom. The number of hydrogen-bond acceptors (Lipinski definition) is 1. The van der Waals surface area contributed by atoms with Crippen LogP contribution in [0.4, 0.5) is 22.1 Å². The minimum Gasteiger partial charge on any atom is -0.169 e. The van der Waals surface area contributed by atoms with Gasteiger partial charge >= 0.3 is 6.18 Å². The molecular formula is C2H2F5N. The first-order valence-corrected chi connectivity index (χ1v) is 1.57. The normalized spacial score (nSPS) is 12.8. The molecule has 8 heavy (non-hydrogen) atoms. The summed E-state index contributed by atoms with van der Waals surface area (Å²) in [5, 5.41) is -1.92. The molecule has 0 aliphatic rings. The Hall–Kier alpha value is -0.390. The third kappa shape index (κ3) is 5.61. The summed E-state index contributed by atoms with van der Waals surface area (Å²) >= 11 is 0. The zero-order valence-electron chi connectivity index (χ0n) is 3.54. The van der Waals surface area contributed by atoms with Gasteiger partial charge in [0.1, 0.15) is 0 Å². The summed E-state index contributed by atoms with van der Waals surface area (Å²) in [5.74, 6) is 0. The maximum absolute atomic E-state index is 10.8. The third-order valence-corrected chi connectivity index (χ3v) is 0.299. The van der Waals surface area contributed by atoms with E-state index in [4.69, 9.17) is 0 Å². The highest BCUT2D eigenvalue weighted by Gasteiger charge is 2.31. The van der Waals surface area contributed by atoms with E-state index < -0.39 is 18.1 Å². The molecule has 0 heterocycles. The first kappa shape index (κ1) is 7.61. The lowest BCUT2D eigenvalue weighted by Gasteiger charge is -2.03. The molecule has 0 rings (SSSR count). The third-order valence-electron chi connectivity index (χ3n) is 0.299. The molecule has 0 aliphatic carbocycles. The van der Waals surface area contributed by atoms with Crippen molar-refractivity contribution in [3.8, 4) is 0 Å². The number of nitrogens with zero attached hydrogens (tertiary/aromatic N) is 1. The van der Waals surface area contributed by atoms with E-state index in [-0.39, 0.29) is 0 Å². The van der Waals surface area contributed by atoms with E-state index in [1.807, 2.05) is 0 Å². The van der Waals surface area contributed by atoms with Crippen LogP contribution in [-0.4, -0.2) is 18.1 Å². The number of hydrogen-bond donors (Lipinski definition) is 0. The molecule has 0 unspecified atom stereocenters. The Balaban J connectivity index is 3.39. The molecule has 1 nitrogen and oxygen atoms in total. The van der Waals surface area contributed by atoms with Gasteiger partial charge in [0.15, 0.2) is 6.54 Å². The average molecular weight is 135 g/mol. The molecule has 0 aromatic heterocycles. The lowest BCUT2D eigenvalue weighted by Crippen LogP contribution is -2.22. The van der Waals surface area contributed by atoms with Gasteiger partial charge < -0.3 is 0 Å². The average Bonchev–Trinajstić information content (AvgIpc) is 1.21. The first-order chi connectivity index (χ1) is 3.42. The summed E-state index contributed by atoms with van der Waals surface area (Å²) < 4.78 is 53.6. The molecule has 0 bridgehead atoms. The van der Waals surface area contributed by atoms with Gasteiger partial charge in [-0.3, -0.25) is 0 Å². The quantitative estimate of drug-likeness (QED) is 0.390. The highest BCUT2D eigenvalue weighted by atomic mass is 19.4. The minimum absolute atomic E-state index is 1.92. The molecule has 0 saturated carbocycles. The van der Waals surface area contributed by atoms with Crippen molar-refractivity contribution in [3.05, 3.63) is 0 Å². The number of rotatable bonds is 1. The van der Waals surface area contributed by atoms with Gasteiger partial charge in [-0.1, -0.05) is 0 Å². The van der Waals surface area contributed by atoms with Crippen molar-refractivity contribution in [1.29, 1.82) is 0 Å². The molecule has 0 N–H and O–H groups in total. The molecule has 0 spiro atoms. The van der Waals surface area contributed by atoms with Gasteiger partial charge in [0.05, 0.1) is 0 Å². The maximum Gasteiger partial charge on any atom is 0.406 e. The van der Waals surface area contributed by atoms with Gasteiger partial charge in [-0.05, 0) is 0 Å². The van der Waals surface area contributed by atoms with Crippen LogP contribution in [0.15, 0.2) is 0 Å². The maximum atomic E-state index is 10.8. The molecule has 0 aromatic rings. The summed E-state index contributed by atoms with van der Waals surface area (Å²) in [5.41, 5.74) is 0. The van der Waals surface area contributed by atoms with Gasteiger partial charge in [0, 0.05) is 5.34 Å². The summed E-state index contributed by atoms with van der Waals surface area (Å²) in [4.78, 5) is 0. The molecule has 0 fully saturated rings. The van der Waals surface area contributed by atoms with E-state index in [1.165, 1.54) is 0 Å². The zero-order valence-corrected chi connectivity index (χ0v) is 3.54. The molecule has 0 aliphatic heterocycles. The first-order valence-electron chi connectivity index (χ1n) is 1.57. The summed E-state index contributed by atoms with van der Waals surface area (Å²) in [6.07, 6.45) is -4.80. The van der Waals surface area contributed by atoms with Crippen LogP contribution in [0, 0.1) is 0 Å². The summed E-state index contributed by atoms with van der Waals surface area (Å²) in [7, 11) is 0. The van der Waals surface area contributed by atoms with Crippen molar-refractivity contribution < 1.29 is 22.1 Å². The fourth-order valence-electron chi connectivity index (χ4n) is 0.136.